The highest BCUT2D eigenvalue weighted by molar-refractivity contribution is 5.89. The van der Waals surface area contributed by atoms with Crippen LogP contribution < -0.4 is 5.32 Å². The first-order chi connectivity index (χ1) is 10.6. The third-order valence-corrected chi connectivity index (χ3v) is 4.37. The van der Waals surface area contributed by atoms with Gasteiger partial charge in [-0.05, 0) is 37.8 Å². The van der Waals surface area contributed by atoms with Gasteiger partial charge in [-0.2, -0.15) is 0 Å². The molecule has 1 atom stereocenters. The van der Waals surface area contributed by atoms with Crippen LogP contribution in [0.25, 0.3) is 0 Å². The van der Waals surface area contributed by atoms with Gasteiger partial charge in [-0.1, -0.05) is 0 Å². The first-order valence-electron chi connectivity index (χ1n) is 7.90. The number of rotatable bonds is 4. The molecule has 2 fully saturated rings. The molecule has 0 bridgehead atoms. The van der Waals surface area contributed by atoms with Crippen molar-refractivity contribution in [1.82, 2.24) is 14.8 Å². The van der Waals surface area contributed by atoms with Crippen LogP contribution in [-0.2, 0) is 4.79 Å². The van der Waals surface area contributed by atoms with Gasteiger partial charge in [0.2, 0.25) is 5.91 Å². The van der Waals surface area contributed by atoms with E-state index in [9.17, 15) is 9.59 Å². The standard InChI is InChI=1S/C16H22N4O2/c1-12(21)20(14-4-5-14)11-15-3-2-10-19(15)16(22)18-13-6-8-17-9-7-13/h6-9,14-15H,2-5,10-11H2,1H3,(H,17,18,22). The third kappa shape index (κ3) is 3.37. The smallest absolute Gasteiger partial charge is 0.322 e. The van der Waals surface area contributed by atoms with Gasteiger partial charge in [-0.15, -0.1) is 0 Å². The molecule has 1 aliphatic heterocycles. The lowest BCUT2D eigenvalue weighted by Crippen LogP contribution is -2.46. The highest BCUT2D eigenvalue weighted by Gasteiger charge is 2.36. The molecule has 1 saturated carbocycles. The van der Waals surface area contributed by atoms with Gasteiger partial charge < -0.3 is 15.1 Å². The van der Waals surface area contributed by atoms with Gasteiger partial charge >= 0.3 is 6.03 Å². The van der Waals surface area contributed by atoms with E-state index in [0.29, 0.717) is 12.6 Å². The fraction of sp³-hybridized carbons (Fsp3) is 0.562. The second kappa shape index (κ2) is 6.34. The molecular weight excluding hydrogens is 280 g/mol. The van der Waals surface area contributed by atoms with Crippen molar-refractivity contribution in [2.45, 2.75) is 44.7 Å². The molecule has 6 heteroatoms. The third-order valence-electron chi connectivity index (χ3n) is 4.37. The molecule has 1 N–H and O–H groups in total. The van der Waals surface area contributed by atoms with Crippen LogP contribution >= 0.6 is 0 Å². The lowest BCUT2D eigenvalue weighted by molar-refractivity contribution is -0.130. The number of nitrogens with zero attached hydrogens (tertiary/aromatic N) is 3. The van der Waals surface area contributed by atoms with Gasteiger partial charge in [0.25, 0.3) is 0 Å². The second-order valence-corrected chi connectivity index (χ2v) is 6.06. The molecule has 1 saturated heterocycles. The Balaban J connectivity index is 1.62. The molecular formula is C16H22N4O2. The van der Waals surface area contributed by atoms with Crippen LogP contribution in [0.5, 0.6) is 0 Å². The molecule has 3 amide bonds. The summed E-state index contributed by atoms with van der Waals surface area (Å²) in [6, 6.07) is 3.96. The Morgan fingerprint density at radius 2 is 2.05 bits per heavy atom. The van der Waals surface area contributed by atoms with Crippen molar-refractivity contribution in [2.75, 3.05) is 18.4 Å². The minimum atomic E-state index is -0.0898. The van der Waals surface area contributed by atoms with Gasteiger partial charge in [0.05, 0.1) is 6.04 Å². The molecule has 2 aliphatic rings. The largest absolute Gasteiger partial charge is 0.338 e. The number of urea groups is 1. The predicted molar refractivity (Wildman–Crippen MR) is 83.4 cm³/mol. The predicted octanol–water partition coefficient (Wildman–Crippen LogP) is 2.09. The summed E-state index contributed by atoms with van der Waals surface area (Å²) in [7, 11) is 0. The normalized spacial score (nSPS) is 20.8. The quantitative estimate of drug-likeness (QED) is 0.926. The van der Waals surface area contributed by atoms with Crippen LogP contribution in [-0.4, -0.2) is 51.9 Å². The number of aromatic nitrogens is 1. The Kier molecular flexibility index (Phi) is 4.27. The number of pyridine rings is 1. The second-order valence-electron chi connectivity index (χ2n) is 6.06. The summed E-state index contributed by atoms with van der Waals surface area (Å²) in [5.74, 6) is 0.115. The minimum absolute atomic E-state index is 0.0898. The SMILES string of the molecule is CC(=O)N(CC1CCCN1C(=O)Nc1ccncc1)C1CC1. The number of amides is 3. The molecule has 0 spiro atoms. The zero-order valence-corrected chi connectivity index (χ0v) is 12.9. The van der Waals surface area contributed by atoms with Crippen LogP contribution in [0, 0.1) is 0 Å². The van der Waals surface area contributed by atoms with Crippen molar-refractivity contribution in [1.29, 1.82) is 0 Å². The summed E-state index contributed by atoms with van der Waals surface area (Å²) in [4.78, 5) is 32.0. The van der Waals surface area contributed by atoms with E-state index < -0.39 is 0 Å². The van der Waals surface area contributed by atoms with E-state index in [1.807, 2.05) is 9.80 Å². The molecule has 1 aliphatic carbocycles. The Morgan fingerprint density at radius 3 is 2.68 bits per heavy atom. The molecule has 3 rings (SSSR count). The first kappa shape index (κ1) is 14.8. The fourth-order valence-corrected chi connectivity index (χ4v) is 3.07. The lowest BCUT2D eigenvalue weighted by Gasteiger charge is -2.30. The van der Waals surface area contributed by atoms with Crippen molar-refractivity contribution >= 4 is 17.6 Å². The van der Waals surface area contributed by atoms with Crippen LogP contribution in [0.4, 0.5) is 10.5 Å². The van der Waals surface area contributed by atoms with Crippen molar-refractivity contribution in [2.24, 2.45) is 0 Å². The average molecular weight is 302 g/mol. The summed E-state index contributed by atoms with van der Waals surface area (Å²) in [6.45, 7) is 3.02. The fourth-order valence-electron chi connectivity index (χ4n) is 3.07. The van der Waals surface area contributed by atoms with Gasteiger partial charge in [-0.3, -0.25) is 9.78 Å². The highest BCUT2D eigenvalue weighted by Crippen LogP contribution is 2.29. The lowest BCUT2D eigenvalue weighted by atomic mass is 10.2. The number of likely N-dealkylation sites (tertiary alicyclic amines) is 1. The summed E-state index contributed by atoms with van der Waals surface area (Å²) in [5.41, 5.74) is 0.747. The Hall–Kier alpha value is -2.11. The minimum Gasteiger partial charge on any atom is -0.338 e. The zero-order valence-electron chi connectivity index (χ0n) is 12.9. The molecule has 1 aromatic rings. The van der Waals surface area contributed by atoms with E-state index >= 15 is 0 Å². The topological polar surface area (TPSA) is 65.5 Å². The number of hydrogen-bond acceptors (Lipinski definition) is 3. The molecule has 2 heterocycles. The Labute approximate surface area is 130 Å². The van der Waals surface area contributed by atoms with Crippen LogP contribution in [0.1, 0.15) is 32.6 Å². The number of hydrogen-bond donors (Lipinski definition) is 1. The molecule has 1 unspecified atom stereocenters. The van der Waals surface area contributed by atoms with E-state index in [0.717, 1.165) is 37.9 Å². The maximum absolute atomic E-state index is 12.5. The van der Waals surface area contributed by atoms with Crippen molar-refractivity contribution in [3.63, 3.8) is 0 Å². The molecule has 6 nitrogen and oxygen atoms in total. The number of carbonyl (C=O) groups is 2. The van der Waals surface area contributed by atoms with Crippen molar-refractivity contribution in [3.8, 4) is 0 Å². The van der Waals surface area contributed by atoms with Gasteiger partial charge in [-0.25, -0.2) is 4.79 Å². The molecule has 118 valence electrons. The maximum atomic E-state index is 12.5. The van der Waals surface area contributed by atoms with E-state index in [-0.39, 0.29) is 18.0 Å². The van der Waals surface area contributed by atoms with E-state index in [4.69, 9.17) is 0 Å². The summed E-state index contributed by atoms with van der Waals surface area (Å²) in [5, 5.41) is 2.90. The van der Waals surface area contributed by atoms with Crippen molar-refractivity contribution in [3.05, 3.63) is 24.5 Å². The highest BCUT2D eigenvalue weighted by atomic mass is 16.2. The van der Waals surface area contributed by atoms with Crippen LogP contribution in [0.2, 0.25) is 0 Å². The Morgan fingerprint density at radius 1 is 1.32 bits per heavy atom. The molecule has 1 aromatic heterocycles. The van der Waals surface area contributed by atoms with Gasteiger partial charge in [0.15, 0.2) is 0 Å². The average Bonchev–Trinajstić information content (AvgIpc) is 3.23. The van der Waals surface area contributed by atoms with Crippen molar-refractivity contribution < 1.29 is 9.59 Å². The monoisotopic (exact) mass is 302 g/mol. The van der Waals surface area contributed by atoms with Crippen LogP contribution in [0.3, 0.4) is 0 Å². The van der Waals surface area contributed by atoms with E-state index in [1.54, 1.807) is 31.5 Å². The van der Waals surface area contributed by atoms with Gasteiger partial charge in [0, 0.05) is 44.1 Å². The molecule has 0 radical (unpaired) electrons. The zero-order chi connectivity index (χ0) is 15.5. The van der Waals surface area contributed by atoms with E-state index in [2.05, 4.69) is 10.3 Å². The molecule has 22 heavy (non-hydrogen) atoms. The van der Waals surface area contributed by atoms with Gasteiger partial charge in [0.1, 0.15) is 0 Å². The first-order valence-corrected chi connectivity index (χ1v) is 7.90. The summed E-state index contributed by atoms with van der Waals surface area (Å²) in [6.07, 6.45) is 7.44. The number of carbonyl (C=O) groups excluding carboxylic acids is 2. The maximum Gasteiger partial charge on any atom is 0.322 e. The number of anilines is 1. The Bertz CT molecular complexity index is 544. The summed E-state index contributed by atoms with van der Waals surface area (Å²) >= 11 is 0. The molecule has 0 aromatic carbocycles. The summed E-state index contributed by atoms with van der Waals surface area (Å²) < 4.78 is 0. The van der Waals surface area contributed by atoms with Crippen LogP contribution in [0.15, 0.2) is 24.5 Å². The van der Waals surface area contributed by atoms with E-state index in [1.165, 1.54) is 0 Å². The number of nitrogens with one attached hydrogen (secondary N) is 1.